The first-order valence-electron chi connectivity index (χ1n) is 10.8. The Bertz CT molecular complexity index is 1140. The Morgan fingerprint density at radius 2 is 1.91 bits per heavy atom. The number of likely N-dealkylation sites (tertiary alicyclic amines) is 1. The molecule has 0 saturated carbocycles. The van der Waals surface area contributed by atoms with Crippen LogP contribution in [0, 0.1) is 6.92 Å². The second-order valence-electron chi connectivity index (χ2n) is 7.94. The molecule has 0 unspecified atom stereocenters. The van der Waals surface area contributed by atoms with Gasteiger partial charge in [0, 0.05) is 62.9 Å². The van der Waals surface area contributed by atoms with Crippen LogP contribution < -0.4 is 10.1 Å². The highest BCUT2D eigenvalue weighted by Gasteiger charge is 2.24. The third-order valence-electron chi connectivity index (χ3n) is 5.53. The average molecular weight is 485 g/mol. The average Bonchev–Trinajstić information content (AvgIpc) is 3.24. The first kappa shape index (κ1) is 23.2. The predicted molar refractivity (Wildman–Crippen MR) is 129 cm³/mol. The monoisotopic (exact) mass is 484 g/mol. The lowest BCUT2D eigenvalue weighted by molar-refractivity contribution is -0.130. The molecule has 3 heterocycles. The largest absolute Gasteiger partial charge is 0.489 e. The third-order valence-corrected chi connectivity index (χ3v) is 6.73. The van der Waals surface area contributed by atoms with E-state index in [0.717, 1.165) is 33.9 Å². The van der Waals surface area contributed by atoms with Gasteiger partial charge in [0.25, 0.3) is 5.91 Å². The normalized spacial score (nSPS) is 14.2. The second kappa shape index (κ2) is 10.3. The smallest absolute Gasteiger partial charge is 0.270 e. The lowest BCUT2D eigenvalue weighted by Crippen LogP contribution is -2.40. The number of thiazole rings is 1. The number of piperidine rings is 1. The molecular formula is C24H25ClN4O3S. The van der Waals surface area contributed by atoms with Crippen molar-refractivity contribution in [3.63, 3.8) is 0 Å². The number of amides is 2. The Morgan fingerprint density at radius 3 is 2.55 bits per heavy atom. The molecule has 1 aromatic carbocycles. The standard InChI is InChI=1S/C24H25ClN4O3S/c1-15-26-14-23(33-15)20-13-27-21(24(31)28-12-17-3-5-18(25)6-4-17)11-22(20)32-19-7-9-29(10-8-19)16(2)30/h3-6,11,13-14,19H,7-10,12H2,1-2H3,(H,28,31). The maximum absolute atomic E-state index is 12.8. The van der Waals surface area contributed by atoms with E-state index in [4.69, 9.17) is 16.3 Å². The number of aryl methyl sites for hydroxylation is 1. The topological polar surface area (TPSA) is 84.4 Å². The molecule has 0 atom stereocenters. The summed E-state index contributed by atoms with van der Waals surface area (Å²) >= 11 is 7.47. The molecule has 0 spiro atoms. The quantitative estimate of drug-likeness (QED) is 0.557. The summed E-state index contributed by atoms with van der Waals surface area (Å²) in [6, 6.07) is 9.01. The minimum atomic E-state index is -0.284. The van der Waals surface area contributed by atoms with E-state index in [0.29, 0.717) is 30.4 Å². The zero-order chi connectivity index (χ0) is 23.4. The van der Waals surface area contributed by atoms with Crippen LogP contribution in [0.15, 0.2) is 42.7 Å². The van der Waals surface area contributed by atoms with Crippen LogP contribution in [0.4, 0.5) is 0 Å². The molecule has 9 heteroatoms. The molecule has 0 bridgehead atoms. The molecule has 3 aromatic rings. The number of hydrogen-bond donors (Lipinski definition) is 1. The molecule has 0 radical (unpaired) electrons. The number of hydrogen-bond acceptors (Lipinski definition) is 6. The maximum atomic E-state index is 12.8. The summed E-state index contributed by atoms with van der Waals surface area (Å²) in [4.78, 5) is 35.9. The van der Waals surface area contributed by atoms with E-state index in [2.05, 4.69) is 15.3 Å². The molecule has 1 aliphatic heterocycles. The zero-order valence-electron chi connectivity index (χ0n) is 18.5. The molecule has 2 amide bonds. The van der Waals surface area contributed by atoms with Gasteiger partial charge in [0.1, 0.15) is 17.5 Å². The van der Waals surface area contributed by atoms with E-state index in [-0.39, 0.29) is 23.6 Å². The van der Waals surface area contributed by atoms with Gasteiger partial charge >= 0.3 is 0 Å². The summed E-state index contributed by atoms with van der Waals surface area (Å²) in [5, 5.41) is 4.48. The number of carbonyl (C=O) groups is 2. The fourth-order valence-electron chi connectivity index (χ4n) is 3.67. The second-order valence-corrected chi connectivity index (χ2v) is 9.61. The molecule has 4 rings (SSSR count). The third kappa shape index (κ3) is 5.89. The van der Waals surface area contributed by atoms with Crippen molar-refractivity contribution in [1.29, 1.82) is 0 Å². The van der Waals surface area contributed by atoms with Gasteiger partial charge in [0.2, 0.25) is 5.91 Å². The van der Waals surface area contributed by atoms with E-state index in [9.17, 15) is 9.59 Å². The Morgan fingerprint density at radius 1 is 1.18 bits per heavy atom. The van der Waals surface area contributed by atoms with Crippen LogP contribution in [-0.4, -0.2) is 45.9 Å². The molecule has 2 aromatic heterocycles. The minimum Gasteiger partial charge on any atom is -0.489 e. The van der Waals surface area contributed by atoms with Crippen LogP contribution in [0.5, 0.6) is 5.75 Å². The van der Waals surface area contributed by atoms with Crippen molar-refractivity contribution in [3.05, 3.63) is 64.0 Å². The predicted octanol–water partition coefficient (Wildman–Crippen LogP) is 4.49. The van der Waals surface area contributed by atoms with E-state index in [1.807, 2.05) is 24.0 Å². The highest BCUT2D eigenvalue weighted by molar-refractivity contribution is 7.15. The summed E-state index contributed by atoms with van der Waals surface area (Å²) in [6.07, 6.45) is 4.90. The van der Waals surface area contributed by atoms with Crippen molar-refractivity contribution in [3.8, 4) is 16.2 Å². The van der Waals surface area contributed by atoms with E-state index in [1.54, 1.807) is 48.9 Å². The number of aromatic nitrogens is 2. The minimum absolute atomic E-state index is 0.0410. The van der Waals surface area contributed by atoms with Crippen molar-refractivity contribution in [2.45, 2.75) is 39.3 Å². The molecule has 1 aliphatic rings. The lowest BCUT2D eigenvalue weighted by Gasteiger charge is -2.31. The summed E-state index contributed by atoms with van der Waals surface area (Å²) in [6.45, 7) is 5.22. The lowest BCUT2D eigenvalue weighted by atomic mass is 10.1. The summed E-state index contributed by atoms with van der Waals surface area (Å²) in [5.74, 6) is 0.401. The van der Waals surface area contributed by atoms with Gasteiger partial charge in [-0.3, -0.25) is 14.6 Å². The van der Waals surface area contributed by atoms with Crippen LogP contribution >= 0.6 is 22.9 Å². The number of ether oxygens (including phenoxy) is 1. The molecular weight excluding hydrogens is 460 g/mol. The van der Waals surface area contributed by atoms with Crippen LogP contribution in [-0.2, 0) is 11.3 Å². The molecule has 0 aliphatic carbocycles. The van der Waals surface area contributed by atoms with Crippen LogP contribution in [0.25, 0.3) is 10.4 Å². The summed E-state index contributed by atoms with van der Waals surface area (Å²) in [7, 11) is 0. The van der Waals surface area contributed by atoms with Crippen LogP contribution in [0.1, 0.15) is 40.8 Å². The van der Waals surface area contributed by atoms with E-state index < -0.39 is 0 Å². The maximum Gasteiger partial charge on any atom is 0.270 e. The SMILES string of the molecule is CC(=O)N1CCC(Oc2cc(C(=O)NCc3ccc(Cl)cc3)ncc2-c2cnc(C)s2)CC1. The number of pyridine rings is 1. The van der Waals surface area contributed by atoms with Crippen LogP contribution in [0.3, 0.4) is 0 Å². The Balaban J connectivity index is 1.52. The molecule has 172 valence electrons. The highest BCUT2D eigenvalue weighted by Crippen LogP contribution is 2.35. The van der Waals surface area contributed by atoms with Gasteiger partial charge in [-0.1, -0.05) is 23.7 Å². The number of halogens is 1. The van der Waals surface area contributed by atoms with Crippen molar-refractivity contribution in [1.82, 2.24) is 20.2 Å². The van der Waals surface area contributed by atoms with Gasteiger partial charge in [0.15, 0.2) is 0 Å². The van der Waals surface area contributed by atoms with Crippen LogP contribution in [0.2, 0.25) is 5.02 Å². The number of nitrogens with one attached hydrogen (secondary N) is 1. The molecule has 33 heavy (non-hydrogen) atoms. The number of nitrogens with zero attached hydrogens (tertiary/aromatic N) is 3. The molecule has 1 fully saturated rings. The number of benzene rings is 1. The van der Waals surface area contributed by atoms with Gasteiger partial charge in [-0.15, -0.1) is 11.3 Å². The number of carbonyl (C=O) groups excluding carboxylic acids is 2. The van der Waals surface area contributed by atoms with Crippen molar-refractivity contribution >= 4 is 34.8 Å². The van der Waals surface area contributed by atoms with Gasteiger partial charge < -0.3 is 15.0 Å². The Hall–Kier alpha value is -2.97. The van der Waals surface area contributed by atoms with E-state index in [1.165, 1.54) is 0 Å². The first-order valence-corrected chi connectivity index (χ1v) is 12.0. The highest BCUT2D eigenvalue weighted by atomic mass is 35.5. The fourth-order valence-corrected chi connectivity index (χ4v) is 4.59. The summed E-state index contributed by atoms with van der Waals surface area (Å²) < 4.78 is 6.35. The molecule has 7 nitrogen and oxygen atoms in total. The Kier molecular flexibility index (Phi) is 7.25. The Labute approximate surface area is 201 Å². The van der Waals surface area contributed by atoms with Gasteiger partial charge in [0.05, 0.1) is 15.4 Å². The number of rotatable bonds is 6. The molecule has 1 N–H and O–H groups in total. The van der Waals surface area contributed by atoms with Crippen molar-refractivity contribution in [2.75, 3.05) is 13.1 Å². The first-order chi connectivity index (χ1) is 15.9. The van der Waals surface area contributed by atoms with Gasteiger partial charge in [-0.05, 0) is 24.6 Å². The zero-order valence-corrected chi connectivity index (χ0v) is 20.1. The fraction of sp³-hybridized carbons (Fsp3) is 0.333. The van der Waals surface area contributed by atoms with E-state index >= 15 is 0 Å². The van der Waals surface area contributed by atoms with Crippen molar-refractivity contribution < 1.29 is 14.3 Å². The summed E-state index contributed by atoms with van der Waals surface area (Å²) in [5.41, 5.74) is 2.03. The van der Waals surface area contributed by atoms with Crippen molar-refractivity contribution in [2.24, 2.45) is 0 Å². The van der Waals surface area contributed by atoms with Gasteiger partial charge in [-0.2, -0.15) is 0 Å². The van der Waals surface area contributed by atoms with Gasteiger partial charge in [-0.25, -0.2) is 4.98 Å². The molecule has 1 saturated heterocycles.